The van der Waals surface area contributed by atoms with Gasteiger partial charge in [0.15, 0.2) is 18.7 Å². The molecule has 11 N–H and O–H groups in total. The number of allylic oxidation sites excluding steroid dienone is 5. The standard InChI is InChI=1S/C71H127O24P/c1-4-7-10-13-16-19-22-25-26-29-31-33-36-39-42-45-55(73)87-49-52(90-57(75)47-44-41-38-35-32-28-24-21-18-15-12-9-6-3)50-89-96(85,86)95-69-67(93-70-65(83)60(78)58(76)53(48-72)91-70)63(81)62(80)64(82)68(69)94-71-66(84)61(79)59(77)54(92-71)51-88-56(74)46-43-40-37-34-30-27-23-20-17-14-11-8-5-2/h28,32,36,39,42,45,52-54,58-72,76-84H,4-27,29-31,33-35,37-38,40-41,43-44,46-51H2,1-3H3,(H,85,86)/b32-28-,39-36+,45-42+. The molecule has 3 aliphatic rings. The molecule has 0 bridgehead atoms. The van der Waals surface area contributed by atoms with Crippen LogP contribution in [0.25, 0.3) is 0 Å². The number of ether oxygens (including phenoxy) is 7. The van der Waals surface area contributed by atoms with E-state index in [9.17, 15) is 74.9 Å². The molecule has 0 aromatic carbocycles. The minimum Gasteiger partial charge on any atom is -0.463 e. The van der Waals surface area contributed by atoms with Gasteiger partial charge < -0.3 is 89.1 Å². The van der Waals surface area contributed by atoms with Crippen molar-refractivity contribution in [3.8, 4) is 0 Å². The van der Waals surface area contributed by atoms with Gasteiger partial charge in [-0.25, -0.2) is 9.36 Å². The van der Waals surface area contributed by atoms with Crippen molar-refractivity contribution < 1.29 is 117 Å². The van der Waals surface area contributed by atoms with Crippen LogP contribution >= 0.6 is 7.82 Å². The fourth-order valence-corrected chi connectivity index (χ4v) is 12.9. The summed E-state index contributed by atoms with van der Waals surface area (Å²) in [5, 5.41) is 110. The maximum Gasteiger partial charge on any atom is 0.472 e. The monoisotopic (exact) mass is 1390 g/mol. The molecule has 560 valence electrons. The van der Waals surface area contributed by atoms with Crippen LogP contribution in [0.3, 0.4) is 0 Å². The molecular formula is C71H127O24P. The van der Waals surface area contributed by atoms with Gasteiger partial charge >= 0.3 is 25.7 Å². The first kappa shape index (κ1) is 87.4. The Kier molecular flexibility index (Phi) is 48.3. The van der Waals surface area contributed by atoms with E-state index in [2.05, 4.69) is 32.9 Å². The first-order valence-electron chi connectivity index (χ1n) is 36.8. The van der Waals surface area contributed by atoms with Crippen molar-refractivity contribution in [3.05, 3.63) is 36.5 Å². The summed E-state index contributed by atoms with van der Waals surface area (Å²) in [4.78, 5) is 50.8. The Hall–Kier alpha value is -2.82. The second kappa shape index (κ2) is 53.1. The summed E-state index contributed by atoms with van der Waals surface area (Å²) in [6, 6.07) is 0. The molecule has 0 spiro atoms. The summed E-state index contributed by atoms with van der Waals surface area (Å²) in [6.45, 7) is 3.29. The molecule has 2 heterocycles. The summed E-state index contributed by atoms with van der Waals surface area (Å²) < 4.78 is 64.7. The zero-order valence-corrected chi connectivity index (χ0v) is 59.0. The maximum atomic E-state index is 14.3. The van der Waals surface area contributed by atoms with Crippen LogP contribution in [0.15, 0.2) is 36.5 Å². The van der Waals surface area contributed by atoms with Crippen LogP contribution in [-0.4, -0.2) is 204 Å². The lowest BCUT2D eigenvalue weighted by Crippen LogP contribution is -2.69. The quantitative estimate of drug-likeness (QED) is 0.00513. The van der Waals surface area contributed by atoms with E-state index in [1.54, 1.807) is 6.08 Å². The molecule has 2 saturated heterocycles. The Morgan fingerprint density at radius 1 is 0.427 bits per heavy atom. The van der Waals surface area contributed by atoms with Crippen molar-refractivity contribution in [1.82, 2.24) is 0 Å². The van der Waals surface area contributed by atoms with Crippen LogP contribution in [-0.2, 0) is 61.2 Å². The first-order valence-corrected chi connectivity index (χ1v) is 38.3. The molecule has 0 amide bonds. The molecule has 25 heteroatoms. The number of aliphatic hydroxyl groups is 10. The van der Waals surface area contributed by atoms with E-state index in [1.165, 1.54) is 134 Å². The van der Waals surface area contributed by atoms with E-state index >= 15 is 0 Å². The van der Waals surface area contributed by atoms with Crippen molar-refractivity contribution in [2.45, 2.75) is 369 Å². The van der Waals surface area contributed by atoms with E-state index in [-0.39, 0.29) is 12.8 Å². The highest BCUT2D eigenvalue weighted by Gasteiger charge is 2.58. The molecule has 18 unspecified atom stereocenters. The predicted molar refractivity (Wildman–Crippen MR) is 361 cm³/mol. The average Bonchev–Trinajstić information content (AvgIpc) is 0.768. The van der Waals surface area contributed by atoms with Gasteiger partial charge in [0.2, 0.25) is 0 Å². The minimum atomic E-state index is -5.72. The zero-order valence-electron chi connectivity index (χ0n) is 58.2. The van der Waals surface area contributed by atoms with Gasteiger partial charge in [0.05, 0.1) is 13.2 Å². The second-order valence-corrected chi connectivity index (χ2v) is 27.8. The topological polar surface area (TPSA) is 374 Å². The molecule has 24 nitrogen and oxygen atoms in total. The van der Waals surface area contributed by atoms with E-state index in [1.807, 2.05) is 6.08 Å². The molecular weight excluding hydrogens is 1270 g/mol. The number of hydrogen-bond donors (Lipinski definition) is 11. The molecule has 3 rings (SSSR count). The predicted octanol–water partition coefficient (Wildman–Crippen LogP) is 9.51. The van der Waals surface area contributed by atoms with E-state index in [4.69, 9.17) is 42.2 Å². The lowest BCUT2D eigenvalue weighted by molar-refractivity contribution is -0.360. The van der Waals surface area contributed by atoms with Gasteiger partial charge in [-0.3, -0.25) is 18.6 Å². The number of carbonyl (C=O) groups excluding carboxylic acids is 3. The van der Waals surface area contributed by atoms with Crippen molar-refractivity contribution in [2.75, 3.05) is 26.4 Å². The fraction of sp³-hybridized carbons (Fsp3) is 0.873. The maximum absolute atomic E-state index is 14.3. The summed E-state index contributed by atoms with van der Waals surface area (Å²) in [5.41, 5.74) is 0. The van der Waals surface area contributed by atoms with Crippen molar-refractivity contribution in [3.63, 3.8) is 0 Å². The Morgan fingerprint density at radius 3 is 1.27 bits per heavy atom. The van der Waals surface area contributed by atoms with Crippen LogP contribution in [0.5, 0.6) is 0 Å². The SMILES string of the molecule is CCCCCCCC/C=C\CCCCCC(=O)OC(COC(=O)/C=C/C=C/CCCCCCCCCCCCC)COP(=O)(O)OC1C(OC2OC(CO)C(O)C(O)C2O)C(O)C(O)C(O)C1OC1OC(COC(=O)CCCCCCCCCCCCCCC)C(O)C(O)C1O. The third-order valence-electron chi connectivity index (χ3n) is 18.0. The van der Waals surface area contributed by atoms with Crippen LogP contribution in [0, 0.1) is 0 Å². The van der Waals surface area contributed by atoms with E-state index in [0.29, 0.717) is 19.3 Å². The smallest absolute Gasteiger partial charge is 0.463 e. The third kappa shape index (κ3) is 36.2. The van der Waals surface area contributed by atoms with E-state index < -0.39 is 156 Å². The van der Waals surface area contributed by atoms with Gasteiger partial charge in [-0.1, -0.05) is 231 Å². The van der Waals surface area contributed by atoms with Gasteiger partial charge in [-0.2, -0.15) is 0 Å². The molecule has 0 radical (unpaired) electrons. The number of unbranched alkanes of at least 4 members (excludes halogenated alkanes) is 32. The summed E-state index contributed by atoms with van der Waals surface area (Å²) in [5.74, 6) is -2.27. The molecule has 0 aromatic heterocycles. The summed E-state index contributed by atoms with van der Waals surface area (Å²) >= 11 is 0. The van der Waals surface area contributed by atoms with Gasteiger partial charge in [-0.05, 0) is 51.4 Å². The number of carbonyl (C=O) groups is 3. The number of rotatable bonds is 56. The molecule has 18 atom stereocenters. The van der Waals surface area contributed by atoms with Crippen molar-refractivity contribution in [1.29, 1.82) is 0 Å². The third-order valence-corrected chi connectivity index (χ3v) is 19.0. The number of phosphoric acid groups is 1. The number of aliphatic hydroxyl groups excluding tert-OH is 10. The van der Waals surface area contributed by atoms with Gasteiger partial charge in [0.25, 0.3) is 0 Å². The lowest BCUT2D eigenvalue weighted by atomic mass is 9.84. The van der Waals surface area contributed by atoms with Crippen molar-refractivity contribution in [2.24, 2.45) is 0 Å². The first-order chi connectivity index (χ1) is 46.3. The van der Waals surface area contributed by atoms with Crippen LogP contribution < -0.4 is 0 Å². The summed E-state index contributed by atoms with van der Waals surface area (Å²) in [6.07, 6.45) is 14.4. The minimum absolute atomic E-state index is 0.0268. The zero-order chi connectivity index (χ0) is 70.4. The fourth-order valence-electron chi connectivity index (χ4n) is 12.0. The number of esters is 3. The van der Waals surface area contributed by atoms with E-state index in [0.717, 1.165) is 89.5 Å². The highest BCUT2D eigenvalue weighted by atomic mass is 31.2. The second-order valence-electron chi connectivity index (χ2n) is 26.4. The molecule has 1 aliphatic carbocycles. The van der Waals surface area contributed by atoms with Crippen molar-refractivity contribution >= 4 is 25.7 Å². The molecule has 2 aliphatic heterocycles. The Morgan fingerprint density at radius 2 is 0.812 bits per heavy atom. The van der Waals surface area contributed by atoms with Gasteiger partial charge in [0, 0.05) is 18.9 Å². The highest BCUT2D eigenvalue weighted by molar-refractivity contribution is 7.47. The molecule has 96 heavy (non-hydrogen) atoms. The van der Waals surface area contributed by atoms with Gasteiger partial charge in [-0.15, -0.1) is 0 Å². The molecule has 1 saturated carbocycles. The Bertz CT molecular complexity index is 2140. The van der Waals surface area contributed by atoms with Crippen LogP contribution in [0.2, 0.25) is 0 Å². The number of phosphoric ester groups is 1. The Labute approximate surface area is 572 Å². The molecule has 3 fully saturated rings. The average molecular weight is 1400 g/mol. The van der Waals surface area contributed by atoms with Crippen LogP contribution in [0.1, 0.15) is 265 Å². The normalized spacial score (nSPS) is 28.1. The highest BCUT2D eigenvalue weighted by Crippen LogP contribution is 2.49. The lowest BCUT2D eigenvalue weighted by Gasteiger charge is -2.49. The van der Waals surface area contributed by atoms with Crippen LogP contribution in [0.4, 0.5) is 0 Å². The molecule has 0 aromatic rings. The number of hydrogen-bond acceptors (Lipinski definition) is 23. The Balaban J connectivity index is 1.77. The van der Waals surface area contributed by atoms with Gasteiger partial charge in [0.1, 0.15) is 98.7 Å². The largest absolute Gasteiger partial charge is 0.472 e. The summed E-state index contributed by atoms with van der Waals surface area (Å²) in [7, 11) is -5.72.